The molecular formula is C24H34F2O4. The molecule has 0 aromatic carbocycles. The first kappa shape index (κ1) is 20.1. The van der Waals surface area contributed by atoms with E-state index in [2.05, 4.69) is 13.8 Å². The molecule has 0 radical (unpaired) electrons. The van der Waals surface area contributed by atoms with Crippen LogP contribution in [-0.2, 0) is 18.9 Å². The van der Waals surface area contributed by atoms with Gasteiger partial charge in [0.15, 0.2) is 0 Å². The van der Waals surface area contributed by atoms with Crippen molar-refractivity contribution in [2.24, 2.45) is 34.5 Å². The van der Waals surface area contributed by atoms with Gasteiger partial charge in [0.2, 0.25) is 11.6 Å². The average molecular weight is 425 g/mol. The first-order valence-corrected chi connectivity index (χ1v) is 12.0. The molecule has 0 unspecified atom stereocenters. The SMILES string of the molecule is C[C@]12CC[C@H]3[C@@H](CC(=C(F)F)[C@H]4CCCC[C@@]43C)[C@@H]1C13OCCOC1(C2)OCCO3. The van der Waals surface area contributed by atoms with Crippen molar-refractivity contribution in [1.29, 1.82) is 0 Å². The Bertz CT molecular complexity index is 752. The first-order chi connectivity index (χ1) is 14.4. The summed E-state index contributed by atoms with van der Waals surface area (Å²) in [6, 6.07) is 0. The normalized spacial score (nSPS) is 55.0. The molecule has 6 atom stereocenters. The van der Waals surface area contributed by atoms with E-state index in [1.807, 2.05) is 0 Å². The van der Waals surface area contributed by atoms with Gasteiger partial charge < -0.3 is 18.9 Å². The fourth-order valence-electron chi connectivity index (χ4n) is 9.08. The van der Waals surface area contributed by atoms with E-state index in [9.17, 15) is 8.78 Å². The summed E-state index contributed by atoms with van der Waals surface area (Å²) in [5.41, 5.74) is 0.268. The number of ether oxygens (including phenoxy) is 4. The Kier molecular flexibility index (Phi) is 4.34. The van der Waals surface area contributed by atoms with Gasteiger partial charge in [-0.3, -0.25) is 0 Å². The molecule has 6 heteroatoms. The molecule has 2 heterocycles. The van der Waals surface area contributed by atoms with Crippen LogP contribution in [0.5, 0.6) is 0 Å². The van der Waals surface area contributed by atoms with Crippen LogP contribution in [0.15, 0.2) is 11.7 Å². The van der Waals surface area contributed by atoms with Crippen LogP contribution >= 0.6 is 0 Å². The van der Waals surface area contributed by atoms with Gasteiger partial charge in [-0.15, -0.1) is 0 Å². The fraction of sp³-hybridized carbons (Fsp3) is 0.917. The van der Waals surface area contributed by atoms with Crippen molar-refractivity contribution >= 4 is 0 Å². The minimum absolute atomic E-state index is 0.0124. The van der Waals surface area contributed by atoms with Gasteiger partial charge in [0.1, 0.15) is 0 Å². The Balaban J connectivity index is 1.49. The molecule has 2 saturated heterocycles. The van der Waals surface area contributed by atoms with E-state index in [4.69, 9.17) is 18.9 Å². The molecular weight excluding hydrogens is 390 g/mol. The van der Waals surface area contributed by atoms with E-state index >= 15 is 0 Å². The van der Waals surface area contributed by atoms with E-state index in [0.717, 1.165) is 44.9 Å². The van der Waals surface area contributed by atoms with Gasteiger partial charge in [-0.05, 0) is 66.3 Å². The van der Waals surface area contributed by atoms with E-state index in [0.29, 0.717) is 44.3 Å². The Labute approximate surface area is 177 Å². The van der Waals surface area contributed by atoms with E-state index in [1.165, 1.54) is 0 Å². The molecule has 2 aliphatic heterocycles. The summed E-state index contributed by atoms with van der Waals surface area (Å²) in [4.78, 5) is 0. The van der Waals surface area contributed by atoms with Gasteiger partial charge in [-0.1, -0.05) is 26.7 Å². The number of hydrogen-bond acceptors (Lipinski definition) is 4. The predicted octanol–water partition coefficient (Wildman–Crippen LogP) is 5.28. The Morgan fingerprint density at radius 1 is 0.900 bits per heavy atom. The molecule has 6 rings (SSSR count). The van der Waals surface area contributed by atoms with E-state index < -0.39 is 17.7 Å². The zero-order chi connectivity index (χ0) is 20.8. The molecule has 6 fully saturated rings. The minimum Gasteiger partial charge on any atom is -0.343 e. The first-order valence-electron chi connectivity index (χ1n) is 12.0. The summed E-state index contributed by atoms with van der Waals surface area (Å²) < 4.78 is 54.1. The molecule has 0 bridgehead atoms. The molecule has 4 aliphatic carbocycles. The second-order valence-corrected chi connectivity index (χ2v) is 11.2. The summed E-state index contributed by atoms with van der Waals surface area (Å²) in [6.07, 6.45) is 6.07. The standard InChI is InChI=1S/C24H34F2O4/c1-21-8-6-18-15(13-16(20(25)26)17-5-3-4-7-22(17,18)2)19(21)24-23(14-21,27-9-11-29-24)28-10-12-30-24/h15,17-19H,3-14H2,1-2H3/t15-,17-,18+,19+,21-,22+,23?,24?/m1/s1. The molecule has 0 aromatic heterocycles. The lowest BCUT2D eigenvalue weighted by atomic mass is 9.44. The maximum atomic E-state index is 14.3. The van der Waals surface area contributed by atoms with Gasteiger partial charge in [-0.25, -0.2) is 0 Å². The van der Waals surface area contributed by atoms with Gasteiger partial charge in [0.05, 0.1) is 26.4 Å². The number of halogens is 2. The summed E-state index contributed by atoms with van der Waals surface area (Å²) in [5.74, 6) is -1.27. The Morgan fingerprint density at radius 2 is 1.60 bits per heavy atom. The highest BCUT2D eigenvalue weighted by molar-refractivity contribution is 5.25. The van der Waals surface area contributed by atoms with Gasteiger partial charge in [-0.2, -0.15) is 8.78 Å². The zero-order valence-electron chi connectivity index (χ0n) is 18.2. The molecule has 30 heavy (non-hydrogen) atoms. The monoisotopic (exact) mass is 424 g/mol. The fourth-order valence-corrected chi connectivity index (χ4v) is 9.08. The van der Waals surface area contributed by atoms with Crippen LogP contribution in [0.1, 0.15) is 65.2 Å². The second kappa shape index (κ2) is 6.49. The maximum Gasteiger partial charge on any atom is 0.269 e. The Morgan fingerprint density at radius 3 is 2.30 bits per heavy atom. The minimum atomic E-state index is -1.44. The maximum absolute atomic E-state index is 14.3. The summed E-state index contributed by atoms with van der Waals surface area (Å²) in [6.45, 7) is 6.52. The molecule has 0 N–H and O–H groups in total. The molecule has 0 amide bonds. The van der Waals surface area contributed by atoms with Crippen LogP contribution in [0.2, 0.25) is 0 Å². The largest absolute Gasteiger partial charge is 0.343 e. The topological polar surface area (TPSA) is 36.9 Å². The van der Waals surface area contributed by atoms with Crippen LogP contribution in [-0.4, -0.2) is 38.0 Å². The lowest BCUT2D eigenvalue weighted by molar-refractivity contribution is -0.466. The number of fused-ring (bicyclic) bond motifs is 5. The number of hydrogen-bond donors (Lipinski definition) is 0. The highest BCUT2D eigenvalue weighted by atomic mass is 19.3. The van der Waals surface area contributed by atoms with Crippen LogP contribution in [0.4, 0.5) is 8.78 Å². The molecule has 4 saturated carbocycles. The van der Waals surface area contributed by atoms with Crippen molar-refractivity contribution in [2.45, 2.75) is 76.8 Å². The van der Waals surface area contributed by atoms with E-state index in [-0.39, 0.29) is 28.6 Å². The molecule has 4 nitrogen and oxygen atoms in total. The lowest BCUT2D eigenvalue weighted by Gasteiger charge is -2.62. The van der Waals surface area contributed by atoms with Gasteiger partial charge >= 0.3 is 0 Å². The third kappa shape index (κ3) is 2.35. The summed E-state index contributed by atoms with van der Waals surface area (Å²) in [5, 5.41) is 0. The molecule has 168 valence electrons. The second-order valence-electron chi connectivity index (χ2n) is 11.2. The van der Waals surface area contributed by atoms with Crippen molar-refractivity contribution < 1.29 is 27.7 Å². The van der Waals surface area contributed by atoms with Crippen molar-refractivity contribution in [3.8, 4) is 0 Å². The van der Waals surface area contributed by atoms with Gasteiger partial charge in [0.25, 0.3) is 6.08 Å². The lowest BCUT2D eigenvalue weighted by Crippen LogP contribution is -2.68. The highest BCUT2D eigenvalue weighted by Gasteiger charge is 2.78. The zero-order valence-corrected chi connectivity index (χ0v) is 18.2. The Hall–Kier alpha value is -0.560. The third-order valence-electron chi connectivity index (χ3n) is 9.99. The van der Waals surface area contributed by atoms with Crippen LogP contribution in [0.25, 0.3) is 0 Å². The van der Waals surface area contributed by atoms with Crippen LogP contribution < -0.4 is 0 Å². The van der Waals surface area contributed by atoms with E-state index in [1.54, 1.807) is 0 Å². The van der Waals surface area contributed by atoms with Crippen molar-refractivity contribution in [1.82, 2.24) is 0 Å². The van der Waals surface area contributed by atoms with Crippen molar-refractivity contribution in [3.05, 3.63) is 11.7 Å². The van der Waals surface area contributed by atoms with Crippen molar-refractivity contribution in [2.75, 3.05) is 26.4 Å². The average Bonchev–Trinajstić information content (AvgIpc) is 2.98. The summed E-state index contributed by atoms with van der Waals surface area (Å²) >= 11 is 0. The third-order valence-corrected chi connectivity index (χ3v) is 9.99. The number of allylic oxidation sites excluding steroid dienone is 1. The molecule has 0 spiro atoms. The van der Waals surface area contributed by atoms with Crippen LogP contribution in [0.3, 0.4) is 0 Å². The van der Waals surface area contributed by atoms with Crippen LogP contribution in [0, 0.1) is 34.5 Å². The molecule has 6 aliphatic rings. The smallest absolute Gasteiger partial charge is 0.269 e. The molecule has 0 aromatic rings. The highest BCUT2D eigenvalue weighted by Crippen LogP contribution is 2.73. The summed E-state index contributed by atoms with van der Waals surface area (Å²) in [7, 11) is 0. The van der Waals surface area contributed by atoms with Gasteiger partial charge in [0, 0.05) is 12.3 Å². The quantitative estimate of drug-likeness (QED) is 0.530. The van der Waals surface area contributed by atoms with Crippen molar-refractivity contribution in [3.63, 3.8) is 0 Å². The number of rotatable bonds is 0. The predicted molar refractivity (Wildman–Crippen MR) is 106 cm³/mol.